The fraction of sp³-hybridized carbons (Fsp3) is 0.762. The van der Waals surface area contributed by atoms with Gasteiger partial charge in [-0.1, -0.05) is 0 Å². The van der Waals surface area contributed by atoms with E-state index in [1.165, 1.54) is 58.0 Å². The Balaban J connectivity index is 1.10. The number of ether oxygens (including phenoxy) is 2. The fourth-order valence-corrected chi connectivity index (χ4v) is 5.80. The number of rotatable bonds is 5. The maximum atomic E-state index is 5.80. The van der Waals surface area contributed by atoms with Crippen LogP contribution in [0.3, 0.4) is 0 Å². The van der Waals surface area contributed by atoms with Gasteiger partial charge in [0.2, 0.25) is 0 Å². The van der Waals surface area contributed by atoms with Crippen LogP contribution in [0.4, 0.5) is 0 Å². The van der Waals surface area contributed by atoms with Crippen molar-refractivity contribution in [3.05, 3.63) is 18.3 Å². The molecule has 0 amide bonds. The molecule has 2 saturated carbocycles. The summed E-state index contributed by atoms with van der Waals surface area (Å²) in [6.45, 7) is 6.48. The van der Waals surface area contributed by atoms with E-state index >= 15 is 0 Å². The number of hydrogen-bond acceptors (Lipinski definition) is 6. The molecular weight excluding hydrogens is 358 g/mol. The fourth-order valence-electron chi connectivity index (χ4n) is 4.94. The van der Waals surface area contributed by atoms with E-state index in [2.05, 4.69) is 26.3 Å². The van der Waals surface area contributed by atoms with Crippen LogP contribution in [0, 0.1) is 5.41 Å². The number of pyridine rings is 1. The predicted octanol–water partition coefficient (Wildman–Crippen LogP) is 3.60. The Morgan fingerprint density at radius 3 is 2.56 bits per heavy atom. The normalized spacial score (nSPS) is 29.3. The maximum Gasteiger partial charge on any atom is 0.138 e. The van der Waals surface area contributed by atoms with Crippen molar-refractivity contribution in [1.82, 2.24) is 14.2 Å². The highest BCUT2D eigenvalue weighted by Gasteiger charge is 2.43. The van der Waals surface area contributed by atoms with Crippen molar-refractivity contribution in [2.24, 2.45) is 5.41 Å². The molecule has 1 unspecified atom stereocenters. The van der Waals surface area contributed by atoms with E-state index in [4.69, 9.17) is 9.47 Å². The molecule has 1 spiro atoms. The van der Waals surface area contributed by atoms with Crippen LogP contribution < -0.4 is 4.74 Å². The Kier molecular flexibility index (Phi) is 5.33. The van der Waals surface area contributed by atoms with Crippen molar-refractivity contribution in [2.75, 3.05) is 39.4 Å². The minimum absolute atomic E-state index is 0.441. The van der Waals surface area contributed by atoms with Crippen molar-refractivity contribution in [2.45, 2.75) is 62.1 Å². The van der Waals surface area contributed by atoms with E-state index in [-0.39, 0.29) is 0 Å². The van der Waals surface area contributed by atoms with Gasteiger partial charge in [-0.2, -0.15) is 0 Å². The van der Waals surface area contributed by atoms with E-state index in [0.717, 1.165) is 43.1 Å². The summed E-state index contributed by atoms with van der Waals surface area (Å²) in [7, 11) is 0. The SMILES string of the molecule is c1cc(SN2CCC3(CCC(N4CCOCC4)C3)CC2)ncc1OC1CC1. The standard InChI is InChI=1S/C21H31N3O2S/c1-2-18(1)26-19-3-4-20(22-16-19)27-24-9-7-21(8-10-24)6-5-17(15-21)23-11-13-25-14-12-23/h3-4,16-18H,1-2,5-15H2. The molecule has 1 atom stereocenters. The Labute approximate surface area is 166 Å². The van der Waals surface area contributed by atoms with E-state index in [9.17, 15) is 0 Å². The molecule has 6 heteroatoms. The summed E-state index contributed by atoms with van der Waals surface area (Å²) in [4.78, 5) is 7.28. The van der Waals surface area contributed by atoms with Crippen LogP contribution >= 0.6 is 11.9 Å². The van der Waals surface area contributed by atoms with Crippen LogP contribution in [-0.2, 0) is 4.74 Å². The predicted molar refractivity (Wildman–Crippen MR) is 107 cm³/mol. The summed E-state index contributed by atoms with van der Waals surface area (Å²) >= 11 is 1.82. The van der Waals surface area contributed by atoms with Gasteiger partial charge in [0, 0.05) is 32.2 Å². The van der Waals surface area contributed by atoms with E-state index in [0.29, 0.717) is 11.5 Å². The lowest BCUT2D eigenvalue weighted by atomic mass is 9.77. The Morgan fingerprint density at radius 2 is 1.85 bits per heavy atom. The largest absolute Gasteiger partial charge is 0.489 e. The number of hydrogen-bond donors (Lipinski definition) is 0. The first-order chi connectivity index (χ1) is 13.3. The lowest BCUT2D eigenvalue weighted by molar-refractivity contribution is 0.0138. The summed E-state index contributed by atoms with van der Waals surface area (Å²) in [6, 6.07) is 4.98. The van der Waals surface area contributed by atoms with Gasteiger partial charge in [0.25, 0.3) is 0 Å². The zero-order chi connectivity index (χ0) is 18.1. The maximum absolute atomic E-state index is 5.80. The molecule has 3 heterocycles. The van der Waals surface area contributed by atoms with Gasteiger partial charge in [0.05, 0.1) is 25.5 Å². The molecule has 1 aromatic rings. The van der Waals surface area contributed by atoms with Crippen molar-refractivity contribution < 1.29 is 9.47 Å². The monoisotopic (exact) mass is 389 g/mol. The van der Waals surface area contributed by atoms with Crippen LogP contribution in [0.25, 0.3) is 0 Å². The lowest BCUT2D eigenvalue weighted by Crippen LogP contribution is -2.43. The molecule has 2 aliphatic carbocycles. The van der Waals surface area contributed by atoms with Crippen LogP contribution in [0.2, 0.25) is 0 Å². The minimum atomic E-state index is 0.441. The smallest absolute Gasteiger partial charge is 0.138 e. The second-order valence-corrected chi connectivity index (χ2v) is 9.83. The zero-order valence-corrected chi connectivity index (χ0v) is 17.0. The molecule has 2 aliphatic heterocycles. The highest BCUT2D eigenvalue weighted by molar-refractivity contribution is 7.97. The summed E-state index contributed by atoms with van der Waals surface area (Å²) in [5.74, 6) is 0.916. The van der Waals surface area contributed by atoms with Gasteiger partial charge < -0.3 is 9.47 Å². The molecule has 2 saturated heterocycles. The van der Waals surface area contributed by atoms with Gasteiger partial charge >= 0.3 is 0 Å². The van der Waals surface area contributed by atoms with Crippen LogP contribution in [0.5, 0.6) is 5.75 Å². The molecule has 0 N–H and O–H groups in total. The van der Waals surface area contributed by atoms with E-state index in [1.54, 1.807) is 0 Å². The minimum Gasteiger partial charge on any atom is -0.489 e. The molecule has 0 aromatic carbocycles. The van der Waals surface area contributed by atoms with Gasteiger partial charge in [-0.25, -0.2) is 9.29 Å². The summed E-state index contributed by atoms with van der Waals surface area (Å²) in [5, 5.41) is 1.09. The van der Waals surface area contributed by atoms with Crippen molar-refractivity contribution in [1.29, 1.82) is 0 Å². The molecule has 0 radical (unpaired) electrons. The Hall–Kier alpha value is -0.820. The number of piperidine rings is 1. The molecule has 1 aromatic heterocycles. The van der Waals surface area contributed by atoms with Gasteiger partial charge in [-0.3, -0.25) is 4.90 Å². The first-order valence-electron chi connectivity index (χ1n) is 10.7. The Bertz CT molecular complexity index is 623. The number of morpholine rings is 1. The highest BCUT2D eigenvalue weighted by atomic mass is 32.2. The molecule has 4 aliphatic rings. The van der Waals surface area contributed by atoms with Gasteiger partial charge in [-0.15, -0.1) is 0 Å². The number of nitrogens with zero attached hydrogens (tertiary/aromatic N) is 3. The number of aromatic nitrogens is 1. The summed E-state index contributed by atoms with van der Waals surface area (Å²) < 4.78 is 13.8. The van der Waals surface area contributed by atoms with Crippen LogP contribution in [0.1, 0.15) is 44.9 Å². The van der Waals surface area contributed by atoms with Crippen molar-refractivity contribution in [3.8, 4) is 5.75 Å². The molecule has 148 valence electrons. The Morgan fingerprint density at radius 1 is 1.04 bits per heavy atom. The van der Waals surface area contributed by atoms with E-state index in [1.807, 2.05) is 18.1 Å². The molecule has 4 fully saturated rings. The van der Waals surface area contributed by atoms with Crippen molar-refractivity contribution >= 4 is 11.9 Å². The second-order valence-electron chi connectivity index (χ2n) is 8.71. The third-order valence-electron chi connectivity index (χ3n) is 6.78. The summed E-state index contributed by atoms with van der Waals surface area (Å²) in [5.41, 5.74) is 0.593. The molecule has 5 nitrogen and oxygen atoms in total. The highest BCUT2D eigenvalue weighted by Crippen LogP contribution is 2.48. The van der Waals surface area contributed by atoms with Crippen LogP contribution in [0.15, 0.2) is 23.4 Å². The average molecular weight is 390 g/mol. The zero-order valence-electron chi connectivity index (χ0n) is 16.1. The quantitative estimate of drug-likeness (QED) is 0.717. The summed E-state index contributed by atoms with van der Waals surface area (Å²) in [6.07, 6.45) is 11.6. The van der Waals surface area contributed by atoms with E-state index < -0.39 is 0 Å². The third kappa shape index (κ3) is 4.44. The topological polar surface area (TPSA) is 37.8 Å². The molecule has 5 rings (SSSR count). The van der Waals surface area contributed by atoms with Crippen LogP contribution in [-0.4, -0.2) is 65.7 Å². The van der Waals surface area contributed by atoms with Gasteiger partial charge in [0.15, 0.2) is 0 Å². The molecule has 0 bridgehead atoms. The third-order valence-corrected chi connectivity index (χ3v) is 7.83. The molecule has 27 heavy (non-hydrogen) atoms. The second kappa shape index (κ2) is 7.90. The average Bonchev–Trinajstić information content (AvgIpc) is 3.44. The van der Waals surface area contributed by atoms with Gasteiger partial charge in [0.1, 0.15) is 10.8 Å². The first-order valence-corrected chi connectivity index (χ1v) is 11.4. The lowest BCUT2D eigenvalue weighted by Gasteiger charge is -2.40. The molecular formula is C21H31N3O2S. The van der Waals surface area contributed by atoms with Gasteiger partial charge in [-0.05, 0) is 74.4 Å². The first kappa shape index (κ1) is 18.2. The van der Waals surface area contributed by atoms with Crippen molar-refractivity contribution in [3.63, 3.8) is 0 Å².